The molecule has 26 heavy (non-hydrogen) atoms. The summed E-state index contributed by atoms with van der Waals surface area (Å²) in [7, 11) is 0. The Kier molecular flexibility index (Phi) is 4.45. The van der Waals surface area contributed by atoms with E-state index in [1.165, 1.54) is 41.1 Å². The van der Waals surface area contributed by atoms with E-state index in [-0.39, 0.29) is 17.6 Å². The van der Waals surface area contributed by atoms with Gasteiger partial charge in [0.15, 0.2) is 0 Å². The van der Waals surface area contributed by atoms with Crippen molar-refractivity contribution in [1.82, 2.24) is 15.3 Å². The van der Waals surface area contributed by atoms with Crippen LogP contribution >= 0.6 is 11.3 Å². The van der Waals surface area contributed by atoms with Gasteiger partial charge in [0, 0.05) is 12.4 Å². The molecule has 1 aromatic carbocycles. The van der Waals surface area contributed by atoms with E-state index in [9.17, 15) is 9.59 Å². The second-order valence-corrected chi connectivity index (χ2v) is 6.89. The van der Waals surface area contributed by atoms with Crippen LogP contribution in [0.15, 0.2) is 54.3 Å². The standard InChI is InChI=1S/C19H16N4O2S/c24-18(16-11-20-8-9-21-16)23-15-7-10-26-17(15)19(25)22-14-6-5-12-3-1-2-4-13(12)14/h1-4,7-11,14H,5-6H2,(H,22,25)(H,23,24). The summed E-state index contributed by atoms with van der Waals surface area (Å²) in [6.45, 7) is 0. The van der Waals surface area contributed by atoms with Crippen molar-refractivity contribution in [2.24, 2.45) is 0 Å². The number of fused-ring (bicyclic) bond motifs is 1. The third-order valence-corrected chi connectivity index (χ3v) is 5.27. The first-order valence-electron chi connectivity index (χ1n) is 8.26. The first kappa shape index (κ1) is 16.4. The Morgan fingerprint density at radius 1 is 1.12 bits per heavy atom. The van der Waals surface area contributed by atoms with Gasteiger partial charge in [-0.15, -0.1) is 11.3 Å². The molecule has 4 rings (SSSR count). The number of nitrogens with one attached hydrogen (secondary N) is 2. The number of hydrogen-bond acceptors (Lipinski definition) is 5. The van der Waals surface area contributed by atoms with Crippen LogP contribution in [0, 0.1) is 0 Å². The van der Waals surface area contributed by atoms with Gasteiger partial charge in [-0.1, -0.05) is 24.3 Å². The lowest BCUT2D eigenvalue weighted by atomic mass is 10.1. The van der Waals surface area contributed by atoms with Crippen LogP contribution in [0.5, 0.6) is 0 Å². The zero-order valence-corrected chi connectivity index (χ0v) is 14.6. The topological polar surface area (TPSA) is 84.0 Å². The first-order valence-corrected chi connectivity index (χ1v) is 9.14. The molecule has 2 N–H and O–H groups in total. The first-order chi connectivity index (χ1) is 12.7. The monoisotopic (exact) mass is 364 g/mol. The van der Waals surface area contributed by atoms with Crippen LogP contribution in [-0.4, -0.2) is 21.8 Å². The number of aromatic nitrogens is 2. The fourth-order valence-corrected chi connectivity index (χ4v) is 3.87. The third-order valence-electron chi connectivity index (χ3n) is 4.35. The van der Waals surface area contributed by atoms with Crippen molar-refractivity contribution in [3.8, 4) is 0 Å². The van der Waals surface area contributed by atoms with Gasteiger partial charge in [-0.25, -0.2) is 4.98 Å². The number of anilines is 1. The molecule has 2 amide bonds. The van der Waals surface area contributed by atoms with Crippen molar-refractivity contribution >= 4 is 28.8 Å². The van der Waals surface area contributed by atoms with Crippen molar-refractivity contribution in [2.45, 2.75) is 18.9 Å². The lowest BCUT2D eigenvalue weighted by molar-refractivity contribution is 0.0941. The summed E-state index contributed by atoms with van der Waals surface area (Å²) in [5.41, 5.74) is 3.13. The maximum atomic E-state index is 12.7. The van der Waals surface area contributed by atoms with Crippen LogP contribution in [-0.2, 0) is 6.42 Å². The van der Waals surface area contributed by atoms with Gasteiger partial charge in [-0.2, -0.15) is 0 Å². The van der Waals surface area contributed by atoms with E-state index in [0.717, 1.165) is 12.8 Å². The number of carbonyl (C=O) groups is 2. The minimum Gasteiger partial charge on any atom is -0.344 e. The van der Waals surface area contributed by atoms with E-state index in [1.54, 1.807) is 11.4 Å². The van der Waals surface area contributed by atoms with E-state index in [4.69, 9.17) is 0 Å². The summed E-state index contributed by atoms with van der Waals surface area (Å²) < 4.78 is 0. The number of hydrogen-bond donors (Lipinski definition) is 2. The Morgan fingerprint density at radius 2 is 2.00 bits per heavy atom. The molecule has 3 aromatic rings. The average Bonchev–Trinajstić information content (AvgIpc) is 3.30. The van der Waals surface area contributed by atoms with E-state index in [1.807, 2.05) is 12.1 Å². The minimum atomic E-state index is -0.392. The highest BCUT2D eigenvalue weighted by atomic mass is 32.1. The fraction of sp³-hybridized carbons (Fsp3) is 0.158. The number of rotatable bonds is 4. The van der Waals surface area contributed by atoms with Gasteiger partial charge in [0.25, 0.3) is 11.8 Å². The van der Waals surface area contributed by atoms with Crippen LogP contribution < -0.4 is 10.6 Å². The summed E-state index contributed by atoms with van der Waals surface area (Å²) in [5, 5.41) is 7.60. The van der Waals surface area contributed by atoms with E-state index >= 15 is 0 Å². The highest BCUT2D eigenvalue weighted by molar-refractivity contribution is 7.12. The number of aryl methyl sites for hydroxylation is 1. The Balaban J connectivity index is 1.48. The molecule has 1 aliphatic carbocycles. The predicted molar refractivity (Wildman–Crippen MR) is 99.3 cm³/mol. The number of nitrogens with zero attached hydrogens (tertiary/aromatic N) is 2. The third kappa shape index (κ3) is 3.21. The molecular formula is C19H16N4O2S. The maximum Gasteiger partial charge on any atom is 0.275 e. The molecule has 0 fully saturated rings. The molecule has 0 saturated heterocycles. The molecule has 0 spiro atoms. The molecule has 2 aromatic heterocycles. The van der Waals surface area contributed by atoms with Crippen molar-refractivity contribution in [2.75, 3.05) is 5.32 Å². The SMILES string of the molecule is O=C(Nc1ccsc1C(=O)NC1CCc2ccccc21)c1cnccn1. The molecule has 1 aliphatic rings. The van der Waals surface area contributed by atoms with Crippen LogP contribution in [0.4, 0.5) is 5.69 Å². The zero-order valence-electron chi connectivity index (χ0n) is 13.8. The summed E-state index contributed by atoms with van der Waals surface area (Å²) in [5.74, 6) is -0.576. The highest BCUT2D eigenvalue weighted by Crippen LogP contribution is 2.32. The van der Waals surface area contributed by atoms with Crippen LogP contribution in [0.25, 0.3) is 0 Å². The van der Waals surface area contributed by atoms with Gasteiger partial charge < -0.3 is 10.6 Å². The molecule has 2 heterocycles. The molecule has 130 valence electrons. The molecule has 6 nitrogen and oxygen atoms in total. The Bertz CT molecular complexity index is 955. The van der Waals surface area contributed by atoms with Gasteiger partial charge in [0.2, 0.25) is 0 Å². The van der Waals surface area contributed by atoms with Gasteiger partial charge in [0.05, 0.1) is 17.9 Å². The van der Waals surface area contributed by atoms with Crippen LogP contribution in [0.2, 0.25) is 0 Å². The number of benzene rings is 1. The van der Waals surface area contributed by atoms with Crippen LogP contribution in [0.1, 0.15) is 43.7 Å². The van der Waals surface area contributed by atoms with E-state index in [0.29, 0.717) is 10.6 Å². The normalized spacial score (nSPS) is 15.3. The Labute approximate surface area is 154 Å². The van der Waals surface area contributed by atoms with E-state index < -0.39 is 5.91 Å². The number of thiophene rings is 1. The highest BCUT2D eigenvalue weighted by Gasteiger charge is 2.25. The van der Waals surface area contributed by atoms with Crippen molar-refractivity contribution in [1.29, 1.82) is 0 Å². The van der Waals surface area contributed by atoms with Crippen molar-refractivity contribution in [3.05, 3.63) is 76.0 Å². The van der Waals surface area contributed by atoms with Gasteiger partial charge in [-0.05, 0) is 35.4 Å². The molecular weight excluding hydrogens is 348 g/mol. The zero-order chi connectivity index (χ0) is 17.9. The number of carbonyl (C=O) groups excluding carboxylic acids is 2. The van der Waals surface area contributed by atoms with Crippen LogP contribution in [0.3, 0.4) is 0 Å². The van der Waals surface area contributed by atoms with Gasteiger partial charge in [-0.3, -0.25) is 14.6 Å². The molecule has 1 atom stereocenters. The summed E-state index contributed by atoms with van der Waals surface area (Å²) in [6.07, 6.45) is 6.18. The maximum absolute atomic E-state index is 12.7. The quantitative estimate of drug-likeness (QED) is 0.745. The second kappa shape index (κ2) is 7.05. The Morgan fingerprint density at radius 3 is 2.85 bits per heavy atom. The molecule has 0 saturated carbocycles. The lowest BCUT2D eigenvalue weighted by Gasteiger charge is -2.14. The van der Waals surface area contributed by atoms with Crippen molar-refractivity contribution < 1.29 is 9.59 Å². The van der Waals surface area contributed by atoms with Gasteiger partial charge >= 0.3 is 0 Å². The van der Waals surface area contributed by atoms with E-state index in [2.05, 4.69) is 32.7 Å². The largest absolute Gasteiger partial charge is 0.344 e. The summed E-state index contributed by atoms with van der Waals surface area (Å²) >= 11 is 1.30. The molecule has 0 radical (unpaired) electrons. The molecule has 0 aliphatic heterocycles. The summed E-state index contributed by atoms with van der Waals surface area (Å²) in [4.78, 5) is 33.3. The predicted octanol–water partition coefficient (Wildman–Crippen LogP) is 3.21. The minimum absolute atomic E-state index is 0.00402. The lowest BCUT2D eigenvalue weighted by Crippen LogP contribution is -2.27. The van der Waals surface area contributed by atoms with Gasteiger partial charge in [0.1, 0.15) is 10.6 Å². The molecule has 7 heteroatoms. The smallest absolute Gasteiger partial charge is 0.275 e. The molecule has 1 unspecified atom stereocenters. The Hall–Kier alpha value is -3.06. The average molecular weight is 364 g/mol. The summed E-state index contributed by atoms with van der Waals surface area (Å²) in [6, 6.07) is 9.88. The molecule has 0 bridgehead atoms. The van der Waals surface area contributed by atoms with Crippen molar-refractivity contribution in [3.63, 3.8) is 0 Å². The fourth-order valence-electron chi connectivity index (χ4n) is 3.12. The number of amides is 2. The second-order valence-electron chi connectivity index (χ2n) is 5.97.